The molecule has 3 rings (SSSR count). The van der Waals surface area contributed by atoms with Crippen molar-refractivity contribution < 1.29 is 13.9 Å². The van der Waals surface area contributed by atoms with Crippen LogP contribution < -0.4 is 10.6 Å². The van der Waals surface area contributed by atoms with Gasteiger partial charge in [-0.3, -0.25) is 10.00 Å². The lowest BCUT2D eigenvalue weighted by atomic mass is 9.99. The zero-order valence-corrected chi connectivity index (χ0v) is 13.8. The number of amides is 2. The Balaban J connectivity index is 1.74. The summed E-state index contributed by atoms with van der Waals surface area (Å²) < 4.78 is 20.5. The molecule has 0 bridgehead atoms. The fourth-order valence-corrected chi connectivity index (χ4v) is 2.95. The minimum absolute atomic E-state index is 0.116. The average molecular weight is 332 g/mol. The molecule has 24 heavy (non-hydrogen) atoms. The zero-order chi connectivity index (χ0) is 17.1. The number of carbonyl (C=O) groups is 1. The molecule has 6 nitrogen and oxygen atoms in total. The highest BCUT2D eigenvalue weighted by Crippen LogP contribution is 2.27. The highest BCUT2D eigenvalue weighted by Gasteiger charge is 2.29. The number of rotatable bonds is 4. The largest absolute Gasteiger partial charge is 0.376 e. The molecule has 1 aliphatic rings. The molecule has 7 heteroatoms. The van der Waals surface area contributed by atoms with E-state index in [0.29, 0.717) is 12.4 Å². The van der Waals surface area contributed by atoms with E-state index in [2.05, 4.69) is 15.7 Å². The van der Waals surface area contributed by atoms with Crippen LogP contribution in [0.3, 0.4) is 0 Å². The molecule has 128 valence electrons. The molecule has 1 saturated heterocycles. The molecular formula is C17H21FN4O2. The number of benzene rings is 1. The van der Waals surface area contributed by atoms with Crippen LogP contribution >= 0.6 is 0 Å². The molecule has 0 spiro atoms. The lowest BCUT2D eigenvalue weighted by Crippen LogP contribution is -2.39. The normalized spacial score (nSPS) is 18.4. The summed E-state index contributed by atoms with van der Waals surface area (Å²) in [6, 6.07) is 7.25. The second-order valence-electron chi connectivity index (χ2n) is 5.97. The Hall–Kier alpha value is -2.41. The predicted octanol–water partition coefficient (Wildman–Crippen LogP) is 2.91. The fourth-order valence-electron chi connectivity index (χ4n) is 2.95. The summed E-state index contributed by atoms with van der Waals surface area (Å²) in [5, 5.41) is 9.92. The van der Waals surface area contributed by atoms with Gasteiger partial charge in [-0.2, -0.15) is 5.10 Å². The number of hydrogen-bond donors (Lipinski definition) is 2. The summed E-state index contributed by atoms with van der Waals surface area (Å²) in [6.45, 7) is 2.53. The van der Waals surface area contributed by atoms with Crippen molar-refractivity contribution in [3.05, 3.63) is 47.4 Å². The number of anilines is 1. The van der Waals surface area contributed by atoms with Gasteiger partial charge in [-0.15, -0.1) is 0 Å². The maximum atomic E-state index is 13.2. The smallest absolute Gasteiger partial charge is 0.320 e. The van der Waals surface area contributed by atoms with Gasteiger partial charge in [0.1, 0.15) is 11.6 Å². The minimum Gasteiger partial charge on any atom is -0.376 e. The molecule has 2 atom stereocenters. The zero-order valence-electron chi connectivity index (χ0n) is 13.8. The molecule has 2 N–H and O–H groups in total. The summed E-state index contributed by atoms with van der Waals surface area (Å²) in [7, 11) is 1.76. The molecule has 1 aromatic heterocycles. The minimum atomic E-state index is -0.345. The van der Waals surface area contributed by atoms with Gasteiger partial charge in [0.15, 0.2) is 0 Å². The second-order valence-corrected chi connectivity index (χ2v) is 5.97. The van der Waals surface area contributed by atoms with Crippen molar-refractivity contribution in [2.45, 2.75) is 31.9 Å². The molecule has 0 saturated carbocycles. The Labute approximate surface area is 140 Å². The van der Waals surface area contributed by atoms with Gasteiger partial charge in [0.2, 0.25) is 0 Å². The molecule has 0 radical (unpaired) electrons. The third-order valence-electron chi connectivity index (χ3n) is 4.10. The highest BCUT2D eigenvalue weighted by molar-refractivity contribution is 5.88. The Bertz CT molecular complexity index is 708. The van der Waals surface area contributed by atoms with Crippen LogP contribution in [0.4, 0.5) is 15.0 Å². The first-order chi connectivity index (χ1) is 11.5. The summed E-state index contributed by atoms with van der Waals surface area (Å²) in [6.07, 6.45) is 1.69. The third-order valence-corrected chi connectivity index (χ3v) is 4.10. The van der Waals surface area contributed by atoms with E-state index in [1.165, 1.54) is 12.1 Å². The van der Waals surface area contributed by atoms with Crippen LogP contribution in [0, 0.1) is 12.7 Å². The van der Waals surface area contributed by atoms with E-state index in [-0.39, 0.29) is 24.0 Å². The maximum Gasteiger partial charge on any atom is 0.320 e. The number of ether oxygens (including phenoxy) is 1. The lowest BCUT2D eigenvalue weighted by Gasteiger charge is -2.25. The third kappa shape index (κ3) is 3.73. The van der Waals surface area contributed by atoms with E-state index in [1.807, 2.05) is 6.92 Å². The van der Waals surface area contributed by atoms with Gasteiger partial charge in [0.05, 0.1) is 17.8 Å². The average Bonchev–Trinajstić information content (AvgIpc) is 3.16. The number of halogens is 1. The summed E-state index contributed by atoms with van der Waals surface area (Å²) in [4.78, 5) is 12.4. The molecule has 1 aliphatic heterocycles. The van der Waals surface area contributed by atoms with E-state index in [0.717, 1.165) is 24.1 Å². The van der Waals surface area contributed by atoms with Crippen molar-refractivity contribution >= 4 is 11.8 Å². The Morgan fingerprint density at radius 1 is 1.42 bits per heavy atom. The van der Waals surface area contributed by atoms with Crippen LogP contribution in [0.15, 0.2) is 30.3 Å². The number of aryl methyl sites for hydroxylation is 2. The van der Waals surface area contributed by atoms with Gasteiger partial charge in [-0.25, -0.2) is 9.18 Å². The Morgan fingerprint density at radius 2 is 2.17 bits per heavy atom. The van der Waals surface area contributed by atoms with Crippen LogP contribution in [0.2, 0.25) is 0 Å². The van der Waals surface area contributed by atoms with E-state index < -0.39 is 0 Å². The van der Waals surface area contributed by atoms with Crippen molar-refractivity contribution in [1.82, 2.24) is 15.1 Å². The quantitative estimate of drug-likeness (QED) is 0.904. The van der Waals surface area contributed by atoms with E-state index in [4.69, 9.17) is 4.74 Å². The topological polar surface area (TPSA) is 68.2 Å². The van der Waals surface area contributed by atoms with Crippen molar-refractivity contribution in [2.24, 2.45) is 7.05 Å². The van der Waals surface area contributed by atoms with Gasteiger partial charge in [-0.1, -0.05) is 12.1 Å². The van der Waals surface area contributed by atoms with Crippen molar-refractivity contribution in [2.75, 3.05) is 11.9 Å². The predicted molar refractivity (Wildman–Crippen MR) is 88.2 cm³/mol. The van der Waals surface area contributed by atoms with Gasteiger partial charge in [0, 0.05) is 19.7 Å². The first-order valence-corrected chi connectivity index (χ1v) is 7.98. The van der Waals surface area contributed by atoms with Crippen molar-refractivity contribution in [3.63, 3.8) is 0 Å². The molecule has 2 aromatic rings. The van der Waals surface area contributed by atoms with Crippen LogP contribution in [0.25, 0.3) is 0 Å². The maximum absolute atomic E-state index is 13.2. The molecule has 1 fully saturated rings. The summed E-state index contributed by atoms with van der Waals surface area (Å²) >= 11 is 0. The standard InChI is InChI=1S/C17H21FN4O2/c1-11-10-15(22(2)21-11)19-17(23)20-16(14-4-3-9-24-14)12-5-7-13(18)8-6-12/h5-8,10,14,16H,3-4,9H2,1-2H3,(H2,19,20,23)/t14-,16-/m0/s1. The summed E-state index contributed by atoms with van der Waals surface area (Å²) in [5.41, 5.74) is 1.64. The molecule has 2 amide bonds. The van der Waals surface area contributed by atoms with Crippen LogP contribution in [-0.4, -0.2) is 28.5 Å². The monoisotopic (exact) mass is 332 g/mol. The van der Waals surface area contributed by atoms with E-state index in [9.17, 15) is 9.18 Å². The molecule has 1 aromatic carbocycles. The number of hydrogen-bond acceptors (Lipinski definition) is 3. The van der Waals surface area contributed by atoms with Crippen molar-refractivity contribution in [3.8, 4) is 0 Å². The fraction of sp³-hybridized carbons (Fsp3) is 0.412. The van der Waals surface area contributed by atoms with Crippen LogP contribution in [-0.2, 0) is 11.8 Å². The second kappa shape index (κ2) is 7.00. The molecular weight excluding hydrogens is 311 g/mol. The SMILES string of the molecule is Cc1cc(NC(=O)N[C@@H](c2ccc(F)cc2)[C@@H]2CCCO2)n(C)n1. The van der Waals surface area contributed by atoms with Gasteiger partial charge >= 0.3 is 6.03 Å². The molecule has 0 aliphatic carbocycles. The first-order valence-electron chi connectivity index (χ1n) is 7.98. The number of aromatic nitrogens is 2. The summed E-state index contributed by atoms with van der Waals surface area (Å²) in [5.74, 6) is 0.301. The number of nitrogens with one attached hydrogen (secondary N) is 2. The van der Waals surface area contributed by atoms with Gasteiger partial charge < -0.3 is 10.1 Å². The lowest BCUT2D eigenvalue weighted by molar-refractivity contribution is 0.0815. The Kier molecular flexibility index (Phi) is 4.80. The van der Waals surface area contributed by atoms with Gasteiger partial charge in [-0.05, 0) is 37.5 Å². The van der Waals surface area contributed by atoms with E-state index >= 15 is 0 Å². The van der Waals surface area contributed by atoms with Gasteiger partial charge in [0.25, 0.3) is 0 Å². The first kappa shape index (κ1) is 16.4. The van der Waals surface area contributed by atoms with Crippen LogP contribution in [0.5, 0.6) is 0 Å². The molecule has 2 heterocycles. The van der Waals surface area contributed by atoms with Crippen molar-refractivity contribution in [1.29, 1.82) is 0 Å². The van der Waals surface area contributed by atoms with E-state index in [1.54, 1.807) is 29.9 Å². The highest BCUT2D eigenvalue weighted by atomic mass is 19.1. The van der Waals surface area contributed by atoms with Crippen LogP contribution in [0.1, 0.15) is 30.1 Å². The number of nitrogens with zero attached hydrogens (tertiary/aromatic N) is 2. The number of urea groups is 1. The molecule has 0 unspecified atom stereocenters. The number of carbonyl (C=O) groups excluding carboxylic acids is 1. The Morgan fingerprint density at radius 3 is 2.75 bits per heavy atom.